The van der Waals surface area contributed by atoms with Crippen molar-refractivity contribution in [3.8, 4) is 11.4 Å². The van der Waals surface area contributed by atoms with Gasteiger partial charge in [0, 0.05) is 13.2 Å². The van der Waals surface area contributed by atoms with E-state index in [2.05, 4.69) is 4.98 Å². The molecule has 1 N–H and O–H groups in total. The Balaban J connectivity index is 1.84. The first-order chi connectivity index (χ1) is 12.8. The van der Waals surface area contributed by atoms with Crippen LogP contribution in [0.5, 0.6) is 0 Å². The molecule has 0 aliphatic carbocycles. The van der Waals surface area contributed by atoms with Crippen LogP contribution in [0.15, 0.2) is 54.7 Å². The van der Waals surface area contributed by atoms with Crippen LogP contribution in [-0.4, -0.2) is 23.9 Å². The first kappa shape index (κ1) is 18.7. The number of amides is 1. The zero-order valence-corrected chi connectivity index (χ0v) is 15.0. The minimum absolute atomic E-state index is 0.129. The van der Waals surface area contributed by atoms with E-state index in [4.69, 9.17) is 0 Å². The quantitative estimate of drug-likeness (QED) is 0.725. The third-order valence-corrected chi connectivity index (χ3v) is 4.95. The Morgan fingerprint density at radius 2 is 1.70 bits per heavy atom. The van der Waals surface area contributed by atoms with Crippen molar-refractivity contribution in [3.05, 3.63) is 77.6 Å². The summed E-state index contributed by atoms with van der Waals surface area (Å²) in [4.78, 5) is 16.2. The van der Waals surface area contributed by atoms with Crippen LogP contribution in [0.25, 0.3) is 11.4 Å². The van der Waals surface area contributed by atoms with Crippen molar-refractivity contribution >= 4 is 15.9 Å². The maximum atomic E-state index is 14.0. The molecule has 0 radical (unpaired) electrons. The second-order valence-electron chi connectivity index (χ2n) is 5.83. The fourth-order valence-electron chi connectivity index (χ4n) is 2.54. The topological polar surface area (TPSA) is 81.1 Å². The number of benzene rings is 2. The number of nitrogens with zero attached hydrogens (tertiary/aromatic N) is 2. The summed E-state index contributed by atoms with van der Waals surface area (Å²) in [6, 6.07) is 11.7. The Kier molecular flexibility index (Phi) is 5.04. The van der Waals surface area contributed by atoms with Crippen LogP contribution in [0.3, 0.4) is 0 Å². The zero-order valence-electron chi connectivity index (χ0n) is 14.2. The number of imidazole rings is 1. The summed E-state index contributed by atoms with van der Waals surface area (Å²) in [6.07, 6.45) is 1.20. The van der Waals surface area contributed by atoms with Crippen LogP contribution in [0, 0.1) is 11.6 Å². The van der Waals surface area contributed by atoms with Gasteiger partial charge in [-0.3, -0.25) is 4.79 Å². The highest BCUT2D eigenvalue weighted by Gasteiger charge is 2.22. The van der Waals surface area contributed by atoms with Gasteiger partial charge in [0.05, 0.1) is 11.3 Å². The van der Waals surface area contributed by atoms with E-state index in [0.717, 1.165) is 12.1 Å². The Morgan fingerprint density at radius 3 is 2.33 bits per heavy atom. The summed E-state index contributed by atoms with van der Waals surface area (Å²) in [5, 5.41) is 0. The molecule has 0 unspecified atom stereocenters. The van der Waals surface area contributed by atoms with Crippen molar-refractivity contribution in [1.82, 2.24) is 14.3 Å². The van der Waals surface area contributed by atoms with Gasteiger partial charge in [-0.15, -0.1) is 0 Å². The Bertz CT molecular complexity index is 1080. The lowest BCUT2D eigenvalue weighted by Gasteiger charge is -2.05. The Labute approximate surface area is 154 Å². The van der Waals surface area contributed by atoms with E-state index in [-0.39, 0.29) is 17.3 Å². The van der Waals surface area contributed by atoms with Crippen molar-refractivity contribution in [3.63, 3.8) is 0 Å². The van der Waals surface area contributed by atoms with Crippen molar-refractivity contribution in [2.24, 2.45) is 7.05 Å². The molecule has 1 amide bonds. The van der Waals surface area contributed by atoms with Gasteiger partial charge in [-0.25, -0.2) is 26.9 Å². The highest BCUT2D eigenvalue weighted by Crippen LogP contribution is 2.24. The molecule has 0 aliphatic heterocycles. The molecular formula is C18H15F2N3O3S. The minimum atomic E-state index is -3.96. The van der Waals surface area contributed by atoms with Crippen molar-refractivity contribution in [2.75, 3.05) is 0 Å². The number of aromatic nitrogens is 2. The standard InChI is InChI=1S/C18H15F2N3O3S/c1-23-10-15(21-17(23)16-13(19)8-5-9-14(16)20)18(24)22-27(25,26)11-12-6-3-2-4-7-12/h2-10H,11H2,1H3,(H,22,24). The van der Waals surface area contributed by atoms with Crippen molar-refractivity contribution in [1.29, 1.82) is 0 Å². The summed E-state index contributed by atoms with van der Waals surface area (Å²) >= 11 is 0. The number of rotatable bonds is 5. The van der Waals surface area contributed by atoms with Gasteiger partial charge in [0.15, 0.2) is 0 Å². The number of aryl methyl sites for hydroxylation is 1. The molecule has 140 valence electrons. The van der Waals surface area contributed by atoms with E-state index in [1.165, 1.54) is 23.9 Å². The number of hydrogen-bond donors (Lipinski definition) is 1. The fourth-order valence-corrected chi connectivity index (χ4v) is 3.63. The molecule has 1 heterocycles. The molecule has 0 spiro atoms. The molecule has 0 aliphatic rings. The first-order valence-electron chi connectivity index (χ1n) is 7.83. The normalized spacial score (nSPS) is 11.4. The van der Waals surface area contributed by atoms with Crippen LogP contribution in [0.1, 0.15) is 16.1 Å². The molecule has 3 aromatic rings. The summed E-state index contributed by atoms with van der Waals surface area (Å²) in [5.74, 6) is -3.18. The predicted octanol–water partition coefficient (Wildman–Crippen LogP) is 2.63. The van der Waals surface area contributed by atoms with Crippen LogP contribution in [0.4, 0.5) is 8.78 Å². The number of carbonyl (C=O) groups excluding carboxylic acids is 1. The van der Waals surface area contributed by atoms with Crippen LogP contribution >= 0.6 is 0 Å². The molecule has 6 nitrogen and oxygen atoms in total. The van der Waals surface area contributed by atoms with E-state index in [0.29, 0.717) is 5.56 Å². The fraction of sp³-hybridized carbons (Fsp3) is 0.111. The Morgan fingerprint density at radius 1 is 1.07 bits per heavy atom. The summed E-state index contributed by atoms with van der Waals surface area (Å²) in [5.41, 5.74) is -0.161. The SMILES string of the molecule is Cn1cc(C(=O)NS(=O)(=O)Cc2ccccc2)nc1-c1c(F)cccc1F. The number of hydrogen-bond acceptors (Lipinski definition) is 4. The zero-order chi connectivity index (χ0) is 19.6. The van der Waals surface area contributed by atoms with Crippen LogP contribution < -0.4 is 4.72 Å². The predicted molar refractivity (Wildman–Crippen MR) is 95.1 cm³/mol. The first-order valence-corrected chi connectivity index (χ1v) is 9.48. The maximum Gasteiger partial charge on any atom is 0.284 e. The molecule has 1 aromatic heterocycles. The molecule has 0 atom stereocenters. The average molecular weight is 391 g/mol. The molecule has 3 rings (SSSR count). The molecule has 0 fully saturated rings. The number of sulfonamides is 1. The van der Waals surface area contributed by atoms with Gasteiger partial charge in [0.25, 0.3) is 5.91 Å². The van der Waals surface area contributed by atoms with E-state index in [9.17, 15) is 22.0 Å². The molecular weight excluding hydrogens is 376 g/mol. The Hall–Kier alpha value is -3.07. The highest BCUT2D eigenvalue weighted by molar-refractivity contribution is 7.89. The van der Waals surface area contributed by atoms with Gasteiger partial charge in [0.1, 0.15) is 23.2 Å². The minimum Gasteiger partial charge on any atom is -0.333 e. The van der Waals surface area contributed by atoms with Crippen molar-refractivity contribution in [2.45, 2.75) is 5.75 Å². The van der Waals surface area contributed by atoms with E-state index < -0.39 is 33.1 Å². The molecule has 2 aromatic carbocycles. The van der Waals surface area contributed by atoms with Gasteiger partial charge >= 0.3 is 0 Å². The van der Waals surface area contributed by atoms with Gasteiger partial charge in [0.2, 0.25) is 10.0 Å². The molecule has 27 heavy (non-hydrogen) atoms. The lowest BCUT2D eigenvalue weighted by Crippen LogP contribution is -2.31. The summed E-state index contributed by atoms with van der Waals surface area (Å²) < 4.78 is 55.4. The molecule has 0 saturated heterocycles. The molecule has 0 bridgehead atoms. The van der Waals surface area contributed by atoms with E-state index in [1.54, 1.807) is 30.3 Å². The van der Waals surface area contributed by atoms with Crippen molar-refractivity contribution < 1.29 is 22.0 Å². The number of halogens is 2. The van der Waals surface area contributed by atoms with Gasteiger partial charge < -0.3 is 4.57 Å². The second kappa shape index (κ2) is 7.28. The third kappa shape index (κ3) is 4.20. The lowest BCUT2D eigenvalue weighted by molar-refractivity contribution is 0.0977. The largest absolute Gasteiger partial charge is 0.333 e. The van der Waals surface area contributed by atoms with Gasteiger partial charge in [-0.2, -0.15) is 0 Å². The highest BCUT2D eigenvalue weighted by atomic mass is 32.2. The monoisotopic (exact) mass is 391 g/mol. The van der Waals surface area contributed by atoms with Crippen LogP contribution in [0.2, 0.25) is 0 Å². The second-order valence-corrected chi connectivity index (χ2v) is 7.56. The summed E-state index contributed by atoms with van der Waals surface area (Å²) in [7, 11) is -2.52. The van der Waals surface area contributed by atoms with Gasteiger partial charge in [-0.1, -0.05) is 36.4 Å². The summed E-state index contributed by atoms with van der Waals surface area (Å²) in [6.45, 7) is 0. The number of carbonyl (C=O) groups is 1. The third-order valence-electron chi connectivity index (χ3n) is 3.74. The van der Waals surface area contributed by atoms with E-state index >= 15 is 0 Å². The lowest BCUT2D eigenvalue weighted by atomic mass is 10.2. The maximum absolute atomic E-state index is 14.0. The van der Waals surface area contributed by atoms with Gasteiger partial charge in [-0.05, 0) is 17.7 Å². The van der Waals surface area contributed by atoms with Crippen LogP contribution in [-0.2, 0) is 22.8 Å². The smallest absolute Gasteiger partial charge is 0.284 e. The molecule has 0 saturated carbocycles. The number of nitrogens with one attached hydrogen (secondary N) is 1. The average Bonchev–Trinajstić information content (AvgIpc) is 2.97. The molecule has 9 heteroatoms. The van der Waals surface area contributed by atoms with E-state index in [1.807, 2.05) is 4.72 Å².